The molecule has 0 fully saturated rings. The summed E-state index contributed by atoms with van der Waals surface area (Å²) in [5, 5.41) is 8.71. The average molecular weight is 175 g/mol. The van der Waals surface area contributed by atoms with Gasteiger partial charge in [-0.15, -0.1) is 0 Å². The summed E-state index contributed by atoms with van der Waals surface area (Å²) in [6.45, 7) is 0. The smallest absolute Gasteiger partial charge is 0.180 e. The fraction of sp³-hybridized carbons (Fsp3) is 0.571. The number of nitrogens with one attached hydrogen (secondary N) is 1. The van der Waals surface area contributed by atoms with Gasteiger partial charge < -0.3 is 4.74 Å². The molecule has 0 unspecified atom stereocenters. The normalized spacial score (nSPS) is 13.3. The van der Waals surface area contributed by atoms with Gasteiger partial charge >= 0.3 is 0 Å². The van der Waals surface area contributed by atoms with E-state index in [1.807, 2.05) is 0 Å². The van der Waals surface area contributed by atoms with Gasteiger partial charge in [0.2, 0.25) is 0 Å². The van der Waals surface area contributed by atoms with Crippen molar-refractivity contribution in [1.29, 1.82) is 5.41 Å². The molecule has 0 radical (unpaired) electrons. The summed E-state index contributed by atoms with van der Waals surface area (Å²) in [4.78, 5) is 0. The second-order valence-electron chi connectivity index (χ2n) is 2.04. The minimum Gasteiger partial charge on any atom is -0.484 e. The van der Waals surface area contributed by atoms with Crippen LogP contribution < -0.4 is 0 Å². The Hall–Kier alpha value is -0.640. The summed E-state index contributed by atoms with van der Waals surface area (Å²) in [5.74, 6) is 0.261. The molecule has 3 nitrogen and oxygen atoms in total. The number of rotatable bonds is 4. The topological polar surface area (TPSA) is 50.1 Å². The molecule has 0 aromatic carbocycles. The van der Waals surface area contributed by atoms with Gasteiger partial charge in [0.15, 0.2) is 5.90 Å². The monoisotopic (exact) mass is 175 g/mol. The first-order valence-electron chi connectivity index (χ1n) is 3.27. The molecule has 0 aliphatic rings. The lowest BCUT2D eigenvalue weighted by molar-refractivity contribution is 0.386. The highest BCUT2D eigenvalue weighted by molar-refractivity contribution is 7.87. The summed E-state index contributed by atoms with van der Waals surface area (Å²) in [6, 6.07) is 0. The fourth-order valence-electron chi connectivity index (χ4n) is 0.520. The third kappa shape index (κ3) is 7.25. The van der Waals surface area contributed by atoms with Crippen LogP contribution in [0.25, 0.3) is 0 Å². The predicted molar refractivity (Wildman–Crippen MR) is 47.2 cm³/mol. The van der Waals surface area contributed by atoms with Crippen LogP contribution in [0.15, 0.2) is 11.5 Å². The van der Waals surface area contributed by atoms with E-state index < -0.39 is 10.8 Å². The lowest BCUT2D eigenvalue weighted by atomic mass is 10.3. The SMILES string of the molecule is COC(=N)CCC=C[S@@](C)=O. The Morgan fingerprint density at radius 3 is 2.82 bits per heavy atom. The van der Waals surface area contributed by atoms with Crippen molar-refractivity contribution in [2.24, 2.45) is 0 Å². The van der Waals surface area contributed by atoms with E-state index in [4.69, 9.17) is 5.41 Å². The van der Waals surface area contributed by atoms with Crippen molar-refractivity contribution < 1.29 is 8.95 Å². The maximum atomic E-state index is 10.5. The summed E-state index contributed by atoms with van der Waals surface area (Å²) in [7, 11) is 0.602. The lowest BCUT2D eigenvalue weighted by Gasteiger charge is -1.96. The minimum atomic E-state index is -0.874. The Labute approximate surface area is 69.4 Å². The lowest BCUT2D eigenvalue weighted by Crippen LogP contribution is -1.96. The van der Waals surface area contributed by atoms with Crippen LogP contribution >= 0.6 is 0 Å². The van der Waals surface area contributed by atoms with Gasteiger partial charge in [-0.3, -0.25) is 9.62 Å². The Morgan fingerprint density at radius 2 is 2.36 bits per heavy atom. The number of ether oxygens (including phenoxy) is 1. The average Bonchev–Trinajstić information content (AvgIpc) is 1.97. The van der Waals surface area contributed by atoms with Crippen molar-refractivity contribution in [3.05, 3.63) is 11.5 Å². The van der Waals surface area contributed by atoms with E-state index in [1.165, 1.54) is 7.11 Å². The van der Waals surface area contributed by atoms with Gasteiger partial charge in [-0.25, -0.2) is 0 Å². The van der Waals surface area contributed by atoms with Crippen molar-refractivity contribution in [3.63, 3.8) is 0 Å². The van der Waals surface area contributed by atoms with Crippen molar-refractivity contribution in [2.45, 2.75) is 12.8 Å². The van der Waals surface area contributed by atoms with Gasteiger partial charge in [0.1, 0.15) is 0 Å². The molecule has 0 saturated carbocycles. The van der Waals surface area contributed by atoms with Gasteiger partial charge in [-0.05, 0) is 11.8 Å². The molecular weight excluding hydrogens is 162 g/mol. The quantitative estimate of drug-likeness (QED) is 0.517. The molecular formula is C7H13NO2S. The molecule has 4 heteroatoms. The summed E-state index contributed by atoms with van der Waals surface area (Å²) in [6.07, 6.45) is 4.69. The fourth-order valence-corrected chi connectivity index (χ4v) is 0.927. The van der Waals surface area contributed by atoms with Crippen molar-refractivity contribution >= 4 is 16.7 Å². The van der Waals surface area contributed by atoms with Crippen molar-refractivity contribution in [2.75, 3.05) is 13.4 Å². The van der Waals surface area contributed by atoms with E-state index in [1.54, 1.807) is 17.7 Å². The highest BCUT2D eigenvalue weighted by Gasteiger charge is 1.90. The molecule has 0 spiro atoms. The van der Waals surface area contributed by atoms with E-state index in [0.717, 1.165) is 0 Å². The van der Waals surface area contributed by atoms with Crippen LogP contribution in [0.2, 0.25) is 0 Å². The zero-order valence-electron chi connectivity index (χ0n) is 6.79. The van der Waals surface area contributed by atoms with Gasteiger partial charge in [0.05, 0.1) is 7.11 Å². The highest BCUT2D eigenvalue weighted by atomic mass is 32.2. The predicted octanol–water partition coefficient (Wildman–Crippen LogP) is 1.28. The molecule has 0 rings (SSSR count). The maximum Gasteiger partial charge on any atom is 0.180 e. The van der Waals surface area contributed by atoms with E-state index in [9.17, 15) is 4.21 Å². The largest absolute Gasteiger partial charge is 0.484 e. The van der Waals surface area contributed by atoms with E-state index in [0.29, 0.717) is 12.8 Å². The Bertz CT molecular complexity index is 177. The van der Waals surface area contributed by atoms with Crippen LogP contribution in [-0.2, 0) is 15.5 Å². The molecule has 11 heavy (non-hydrogen) atoms. The molecule has 0 amide bonds. The Balaban J connectivity index is 3.41. The molecule has 0 heterocycles. The molecule has 1 atom stereocenters. The zero-order valence-corrected chi connectivity index (χ0v) is 7.61. The molecule has 0 bridgehead atoms. The summed E-state index contributed by atoms with van der Waals surface area (Å²) < 4.78 is 15.1. The Morgan fingerprint density at radius 1 is 1.73 bits per heavy atom. The first-order chi connectivity index (χ1) is 5.16. The van der Waals surface area contributed by atoms with Crippen LogP contribution in [0.4, 0.5) is 0 Å². The first kappa shape index (κ1) is 10.4. The molecule has 1 N–H and O–H groups in total. The number of hydrogen-bond acceptors (Lipinski definition) is 3. The van der Waals surface area contributed by atoms with Crippen LogP contribution in [0.5, 0.6) is 0 Å². The summed E-state index contributed by atoms with van der Waals surface area (Å²) >= 11 is 0. The molecule has 0 aromatic rings. The number of methoxy groups -OCH3 is 1. The minimum absolute atomic E-state index is 0.261. The third-order valence-corrected chi connectivity index (χ3v) is 1.65. The molecule has 0 aliphatic heterocycles. The molecule has 0 aliphatic carbocycles. The van der Waals surface area contributed by atoms with Crippen LogP contribution in [-0.4, -0.2) is 23.5 Å². The first-order valence-corrected chi connectivity index (χ1v) is 4.89. The van der Waals surface area contributed by atoms with Crippen LogP contribution in [0, 0.1) is 5.41 Å². The number of hydrogen-bond donors (Lipinski definition) is 1. The van der Waals surface area contributed by atoms with E-state index >= 15 is 0 Å². The van der Waals surface area contributed by atoms with Gasteiger partial charge in [-0.2, -0.15) is 0 Å². The third-order valence-electron chi connectivity index (χ3n) is 1.07. The van der Waals surface area contributed by atoms with Crippen LogP contribution in [0.1, 0.15) is 12.8 Å². The second-order valence-corrected chi connectivity index (χ2v) is 3.31. The van der Waals surface area contributed by atoms with Gasteiger partial charge in [0, 0.05) is 23.5 Å². The molecule has 64 valence electrons. The van der Waals surface area contributed by atoms with E-state index in [2.05, 4.69) is 4.74 Å². The van der Waals surface area contributed by atoms with E-state index in [-0.39, 0.29) is 5.90 Å². The molecule has 0 saturated heterocycles. The van der Waals surface area contributed by atoms with Crippen molar-refractivity contribution in [1.82, 2.24) is 0 Å². The highest BCUT2D eigenvalue weighted by Crippen LogP contribution is 1.94. The molecule has 0 aromatic heterocycles. The van der Waals surface area contributed by atoms with Gasteiger partial charge in [0.25, 0.3) is 0 Å². The standard InChI is InChI=1S/C7H13NO2S/c1-10-7(8)5-3-4-6-11(2)9/h4,6,8H,3,5H2,1-2H3/t11-/m1/s1. The summed E-state index contributed by atoms with van der Waals surface area (Å²) in [5.41, 5.74) is 0. The zero-order chi connectivity index (χ0) is 8.69. The maximum absolute atomic E-state index is 10.5. The second kappa shape index (κ2) is 6.09. The van der Waals surface area contributed by atoms with Crippen molar-refractivity contribution in [3.8, 4) is 0 Å². The number of allylic oxidation sites excluding steroid dienone is 1. The van der Waals surface area contributed by atoms with Crippen LogP contribution in [0.3, 0.4) is 0 Å². The Kier molecular flexibility index (Phi) is 5.74. The van der Waals surface area contributed by atoms with Gasteiger partial charge in [-0.1, -0.05) is 6.08 Å².